The van der Waals surface area contributed by atoms with Gasteiger partial charge in [-0.1, -0.05) is 24.3 Å². The summed E-state index contributed by atoms with van der Waals surface area (Å²) in [6.45, 7) is 3.83. The van der Waals surface area contributed by atoms with Gasteiger partial charge >= 0.3 is 0 Å². The number of rotatable bonds is 4. The van der Waals surface area contributed by atoms with E-state index in [1.807, 2.05) is 55.5 Å². The van der Waals surface area contributed by atoms with Crippen LogP contribution in [-0.4, -0.2) is 19.0 Å². The van der Waals surface area contributed by atoms with Crippen LogP contribution in [-0.2, 0) is 4.79 Å². The lowest BCUT2D eigenvalue weighted by molar-refractivity contribution is -0.120. The number of nitrogens with one attached hydrogen (secondary N) is 2. The van der Waals surface area contributed by atoms with E-state index < -0.39 is 0 Å². The number of anilines is 1. The molecule has 0 aliphatic carbocycles. The zero-order valence-corrected chi connectivity index (χ0v) is 13.3. The van der Waals surface area contributed by atoms with Gasteiger partial charge in [0.25, 0.3) is 0 Å². The van der Waals surface area contributed by atoms with Crippen molar-refractivity contribution in [2.75, 3.05) is 18.4 Å². The van der Waals surface area contributed by atoms with Gasteiger partial charge in [0.05, 0.1) is 5.69 Å². The summed E-state index contributed by atoms with van der Waals surface area (Å²) < 4.78 is 5.95. The molecular formula is C19H22N2O2. The summed E-state index contributed by atoms with van der Waals surface area (Å²) in [5.74, 6) is 1.59. The topological polar surface area (TPSA) is 50.4 Å². The molecule has 1 aliphatic rings. The van der Waals surface area contributed by atoms with Crippen molar-refractivity contribution in [1.82, 2.24) is 5.32 Å². The number of hydrogen-bond acceptors (Lipinski definition) is 3. The van der Waals surface area contributed by atoms with Gasteiger partial charge in [-0.05, 0) is 62.7 Å². The average Bonchev–Trinajstić information content (AvgIpc) is 2.57. The van der Waals surface area contributed by atoms with Gasteiger partial charge in [-0.2, -0.15) is 0 Å². The van der Waals surface area contributed by atoms with Crippen molar-refractivity contribution < 1.29 is 9.53 Å². The summed E-state index contributed by atoms with van der Waals surface area (Å²) in [5, 5.41) is 6.30. The molecule has 2 N–H and O–H groups in total. The van der Waals surface area contributed by atoms with E-state index in [1.165, 1.54) is 0 Å². The van der Waals surface area contributed by atoms with E-state index in [0.717, 1.165) is 42.9 Å². The molecule has 1 heterocycles. The first-order valence-electron chi connectivity index (χ1n) is 8.07. The van der Waals surface area contributed by atoms with Gasteiger partial charge in [0.1, 0.15) is 5.75 Å². The molecule has 0 saturated carbocycles. The molecule has 0 spiro atoms. The predicted molar refractivity (Wildman–Crippen MR) is 91.9 cm³/mol. The van der Waals surface area contributed by atoms with Gasteiger partial charge in [0.2, 0.25) is 5.91 Å². The summed E-state index contributed by atoms with van der Waals surface area (Å²) in [6, 6.07) is 15.4. The Labute approximate surface area is 136 Å². The Morgan fingerprint density at radius 1 is 1.13 bits per heavy atom. The van der Waals surface area contributed by atoms with Gasteiger partial charge in [0.15, 0.2) is 5.75 Å². The number of para-hydroxylation sites is 2. The van der Waals surface area contributed by atoms with Crippen LogP contribution in [0.15, 0.2) is 48.5 Å². The van der Waals surface area contributed by atoms with Crippen molar-refractivity contribution >= 4 is 11.6 Å². The van der Waals surface area contributed by atoms with Crippen LogP contribution in [0.25, 0.3) is 0 Å². The van der Waals surface area contributed by atoms with Gasteiger partial charge in [-0.15, -0.1) is 0 Å². The first-order chi connectivity index (χ1) is 11.2. The maximum absolute atomic E-state index is 12.4. The summed E-state index contributed by atoms with van der Waals surface area (Å²) in [5.41, 5.74) is 1.86. The Hall–Kier alpha value is -2.33. The third-order valence-corrected chi connectivity index (χ3v) is 4.07. The maximum Gasteiger partial charge on any atom is 0.227 e. The molecule has 23 heavy (non-hydrogen) atoms. The van der Waals surface area contributed by atoms with Crippen LogP contribution in [0.2, 0.25) is 0 Å². The SMILES string of the molecule is Cc1cccc(Oc2ccccc2NC(=O)C2CCNCC2)c1. The van der Waals surface area contributed by atoms with Gasteiger partial charge < -0.3 is 15.4 Å². The fourth-order valence-corrected chi connectivity index (χ4v) is 2.78. The molecule has 4 nitrogen and oxygen atoms in total. The van der Waals surface area contributed by atoms with Crippen LogP contribution in [0.5, 0.6) is 11.5 Å². The minimum Gasteiger partial charge on any atom is -0.455 e. The molecule has 120 valence electrons. The van der Waals surface area contributed by atoms with Crippen LogP contribution in [0, 0.1) is 12.8 Å². The Bertz CT molecular complexity index is 679. The predicted octanol–water partition coefficient (Wildman–Crippen LogP) is 3.73. The molecule has 0 unspecified atom stereocenters. The van der Waals surface area contributed by atoms with Crippen LogP contribution < -0.4 is 15.4 Å². The second-order valence-corrected chi connectivity index (χ2v) is 5.93. The Morgan fingerprint density at radius 3 is 2.70 bits per heavy atom. The lowest BCUT2D eigenvalue weighted by Crippen LogP contribution is -2.34. The molecule has 0 aromatic heterocycles. The molecule has 0 bridgehead atoms. The molecule has 2 aromatic carbocycles. The van der Waals surface area contributed by atoms with E-state index >= 15 is 0 Å². The highest BCUT2D eigenvalue weighted by Gasteiger charge is 2.21. The number of hydrogen-bond donors (Lipinski definition) is 2. The normalized spacial score (nSPS) is 15.2. The monoisotopic (exact) mass is 310 g/mol. The molecule has 1 amide bonds. The molecule has 2 aromatic rings. The van der Waals surface area contributed by atoms with Crippen molar-refractivity contribution in [2.24, 2.45) is 5.92 Å². The third kappa shape index (κ3) is 4.11. The Balaban J connectivity index is 1.73. The van der Waals surface area contributed by atoms with E-state index in [9.17, 15) is 4.79 Å². The molecule has 3 rings (SSSR count). The van der Waals surface area contributed by atoms with Crippen LogP contribution >= 0.6 is 0 Å². The highest BCUT2D eigenvalue weighted by Crippen LogP contribution is 2.30. The third-order valence-electron chi connectivity index (χ3n) is 4.07. The highest BCUT2D eigenvalue weighted by molar-refractivity contribution is 5.94. The molecular weight excluding hydrogens is 288 g/mol. The number of ether oxygens (including phenoxy) is 1. The summed E-state index contributed by atoms with van der Waals surface area (Å²) in [6.07, 6.45) is 1.76. The number of benzene rings is 2. The fourth-order valence-electron chi connectivity index (χ4n) is 2.78. The summed E-state index contributed by atoms with van der Waals surface area (Å²) in [7, 11) is 0. The van der Waals surface area contributed by atoms with Crippen LogP contribution in [0.3, 0.4) is 0 Å². The van der Waals surface area contributed by atoms with Crippen LogP contribution in [0.1, 0.15) is 18.4 Å². The zero-order chi connectivity index (χ0) is 16.1. The number of amides is 1. The smallest absolute Gasteiger partial charge is 0.227 e. The number of carbonyl (C=O) groups is 1. The largest absolute Gasteiger partial charge is 0.455 e. The van der Waals surface area contributed by atoms with Gasteiger partial charge in [-0.25, -0.2) is 0 Å². The van der Waals surface area contributed by atoms with Crippen molar-refractivity contribution in [3.8, 4) is 11.5 Å². The summed E-state index contributed by atoms with van der Waals surface area (Å²) in [4.78, 5) is 12.4. The number of carbonyl (C=O) groups excluding carboxylic acids is 1. The standard InChI is InChI=1S/C19H22N2O2/c1-14-5-4-6-16(13-14)23-18-8-3-2-7-17(18)21-19(22)15-9-11-20-12-10-15/h2-8,13,15,20H,9-12H2,1H3,(H,21,22). The quantitative estimate of drug-likeness (QED) is 0.905. The number of aryl methyl sites for hydroxylation is 1. The van der Waals surface area contributed by atoms with Crippen molar-refractivity contribution in [2.45, 2.75) is 19.8 Å². The van der Waals surface area contributed by atoms with Gasteiger partial charge in [0, 0.05) is 5.92 Å². The summed E-state index contributed by atoms with van der Waals surface area (Å²) >= 11 is 0. The van der Waals surface area contributed by atoms with Crippen molar-refractivity contribution in [3.05, 3.63) is 54.1 Å². The highest BCUT2D eigenvalue weighted by atomic mass is 16.5. The maximum atomic E-state index is 12.4. The first kappa shape index (κ1) is 15.6. The van der Waals surface area contributed by atoms with Crippen LogP contribution in [0.4, 0.5) is 5.69 Å². The van der Waals surface area contributed by atoms with Crippen molar-refractivity contribution in [1.29, 1.82) is 0 Å². The van der Waals surface area contributed by atoms with E-state index in [1.54, 1.807) is 0 Å². The molecule has 4 heteroatoms. The minimum atomic E-state index is 0.0725. The lowest BCUT2D eigenvalue weighted by atomic mass is 9.97. The van der Waals surface area contributed by atoms with E-state index in [-0.39, 0.29) is 11.8 Å². The Morgan fingerprint density at radius 2 is 1.91 bits per heavy atom. The second kappa shape index (κ2) is 7.29. The van der Waals surface area contributed by atoms with E-state index in [2.05, 4.69) is 10.6 Å². The molecule has 0 radical (unpaired) electrons. The Kier molecular flexibility index (Phi) is 4.93. The molecule has 1 fully saturated rings. The van der Waals surface area contributed by atoms with Crippen molar-refractivity contribution in [3.63, 3.8) is 0 Å². The minimum absolute atomic E-state index is 0.0725. The molecule has 1 aliphatic heterocycles. The first-order valence-corrected chi connectivity index (χ1v) is 8.07. The van der Waals surface area contributed by atoms with E-state index in [4.69, 9.17) is 4.74 Å². The van der Waals surface area contributed by atoms with E-state index in [0.29, 0.717) is 5.75 Å². The number of piperidine rings is 1. The zero-order valence-electron chi connectivity index (χ0n) is 13.3. The lowest BCUT2D eigenvalue weighted by Gasteiger charge is -2.22. The van der Waals surface area contributed by atoms with Gasteiger partial charge in [-0.3, -0.25) is 4.79 Å². The molecule has 1 saturated heterocycles. The molecule has 0 atom stereocenters. The average molecular weight is 310 g/mol. The second-order valence-electron chi connectivity index (χ2n) is 5.93. The fraction of sp³-hybridized carbons (Fsp3) is 0.316.